The van der Waals surface area contributed by atoms with Crippen LogP contribution in [-0.2, 0) is 6.42 Å². The van der Waals surface area contributed by atoms with E-state index in [0.717, 1.165) is 28.8 Å². The molecule has 1 heterocycles. The molecule has 0 unspecified atom stereocenters. The molecule has 2 heteroatoms. The Morgan fingerprint density at radius 3 is 3.00 bits per heavy atom. The van der Waals surface area contributed by atoms with Crippen LogP contribution in [0.4, 0.5) is 0 Å². The van der Waals surface area contributed by atoms with Crippen molar-refractivity contribution in [3.05, 3.63) is 35.0 Å². The van der Waals surface area contributed by atoms with Crippen LogP contribution in [0.25, 0.3) is 11.0 Å². The van der Waals surface area contributed by atoms with Crippen molar-refractivity contribution < 1.29 is 4.42 Å². The van der Waals surface area contributed by atoms with Crippen LogP contribution in [0.5, 0.6) is 0 Å². The van der Waals surface area contributed by atoms with Crippen LogP contribution in [-0.4, -0.2) is 0 Å². The van der Waals surface area contributed by atoms with E-state index in [4.69, 9.17) is 16.0 Å². The molecule has 0 radical (unpaired) electrons. The van der Waals surface area contributed by atoms with Crippen molar-refractivity contribution in [1.29, 1.82) is 0 Å². The number of aryl methyl sites for hydroxylation is 1. The Balaban J connectivity index is 2.58. The van der Waals surface area contributed by atoms with Crippen molar-refractivity contribution in [2.75, 3.05) is 0 Å². The van der Waals surface area contributed by atoms with Gasteiger partial charge in [0.1, 0.15) is 5.58 Å². The highest BCUT2D eigenvalue weighted by Gasteiger charge is 2.04. The maximum Gasteiger partial charge on any atom is 0.134 e. The number of rotatable bonds is 2. The minimum absolute atomic E-state index is 0.770. The van der Waals surface area contributed by atoms with E-state index in [2.05, 4.69) is 6.92 Å². The molecule has 0 amide bonds. The van der Waals surface area contributed by atoms with Gasteiger partial charge in [-0.1, -0.05) is 24.9 Å². The Labute approximate surface area is 82.3 Å². The second kappa shape index (κ2) is 3.43. The minimum atomic E-state index is 0.770. The molecule has 2 aromatic rings. The van der Waals surface area contributed by atoms with Gasteiger partial charge in [0.05, 0.1) is 6.26 Å². The van der Waals surface area contributed by atoms with Crippen molar-refractivity contribution in [3.8, 4) is 0 Å². The standard InChI is InChI=1S/C11H11ClO/c1-2-3-8-7-13-11-5-4-9(12)6-10(8)11/h4-7H,2-3H2,1H3. The molecule has 0 spiro atoms. The lowest BCUT2D eigenvalue weighted by molar-refractivity contribution is 0.609. The molecule has 2 rings (SSSR count). The second-order valence-electron chi connectivity index (χ2n) is 3.15. The summed E-state index contributed by atoms with van der Waals surface area (Å²) in [6.45, 7) is 2.16. The third-order valence-corrected chi connectivity index (χ3v) is 2.37. The van der Waals surface area contributed by atoms with E-state index < -0.39 is 0 Å². The molecule has 13 heavy (non-hydrogen) atoms. The minimum Gasteiger partial charge on any atom is -0.464 e. The molecule has 1 aromatic heterocycles. The number of furan rings is 1. The van der Waals surface area contributed by atoms with Crippen LogP contribution in [0.15, 0.2) is 28.9 Å². The van der Waals surface area contributed by atoms with Gasteiger partial charge in [0, 0.05) is 10.4 Å². The van der Waals surface area contributed by atoms with Crippen molar-refractivity contribution in [3.63, 3.8) is 0 Å². The molecular formula is C11H11ClO. The van der Waals surface area contributed by atoms with Crippen LogP contribution in [0, 0.1) is 0 Å². The monoisotopic (exact) mass is 194 g/mol. The fraction of sp³-hybridized carbons (Fsp3) is 0.273. The Hall–Kier alpha value is -0.950. The Morgan fingerprint density at radius 1 is 1.38 bits per heavy atom. The van der Waals surface area contributed by atoms with Crippen LogP contribution in [0.2, 0.25) is 5.02 Å². The predicted molar refractivity (Wildman–Crippen MR) is 55.2 cm³/mol. The zero-order valence-corrected chi connectivity index (χ0v) is 8.27. The van der Waals surface area contributed by atoms with Crippen LogP contribution in [0.3, 0.4) is 0 Å². The Kier molecular flexibility index (Phi) is 2.28. The van der Waals surface area contributed by atoms with Crippen molar-refractivity contribution in [1.82, 2.24) is 0 Å². The molecule has 0 atom stereocenters. The smallest absolute Gasteiger partial charge is 0.134 e. The average Bonchev–Trinajstić information content (AvgIpc) is 2.49. The summed E-state index contributed by atoms with van der Waals surface area (Å²) in [6.07, 6.45) is 4.00. The number of benzene rings is 1. The molecule has 0 N–H and O–H groups in total. The summed E-state index contributed by atoms with van der Waals surface area (Å²) in [6, 6.07) is 5.73. The third kappa shape index (κ3) is 1.56. The Bertz CT molecular complexity index is 417. The molecule has 0 fully saturated rings. The molecule has 0 aliphatic rings. The van der Waals surface area contributed by atoms with Gasteiger partial charge in [-0.2, -0.15) is 0 Å². The van der Waals surface area contributed by atoms with Crippen molar-refractivity contribution >= 4 is 22.6 Å². The quantitative estimate of drug-likeness (QED) is 0.703. The first-order valence-electron chi connectivity index (χ1n) is 4.47. The van der Waals surface area contributed by atoms with E-state index >= 15 is 0 Å². The van der Waals surface area contributed by atoms with E-state index in [-0.39, 0.29) is 0 Å². The molecular weight excluding hydrogens is 184 g/mol. The van der Waals surface area contributed by atoms with Gasteiger partial charge < -0.3 is 4.42 Å². The average molecular weight is 195 g/mol. The maximum absolute atomic E-state index is 5.91. The highest BCUT2D eigenvalue weighted by atomic mass is 35.5. The lowest BCUT2D eigenvalue weighted by Gasteiger charge is -1.94. The lowest BCUT2D eigenvalue weighted by atomic mass is 10.1. The molecule has 1 aromatic carbocycles. The summed E-state index contributed by atoms with van der Waals surface area (Å²) in [5.74, 6) is 0. The van der Waals surface area contributed by atoms with E-state index in [1.807, 2.05) is 24.5 Å². The summed E-state index contributed by atoms with van der Waals surface area (Å²) >= 11 is 5.91. The predicted octanol–water partition coefficient (Wildman–Crippen LogP) is 4.04. The molecule has 0 saturated heterocycles. The first kappa shape index (κ1) is 8.64. The highest BCUT2D eigenvalue weighted by Crippen LogP contribution is 2.25. The van der Waals surface area contributed by atoms with Gasteiger partial charge in [0.25, 0.3) is 0 Å². The topological polar surface area (TPSA) is 13.1 Å². The molecule has 68 valence electrons. The van der Waals surface area contributed by atoms with Crippen LogP contribution in [0.1, 0.15) is 18.9 Å². The van der Waals surface area contributed by atoms with Gasteiger partial charge in [0.15, 0.2) is 0 Å². The SMILES string of the molecule is CCCc1coc2ccc(Cl)cc12. The molecule has 0 saturated carbocycles. The number of hydrogen-bond donors (Lipinski definition) is 0. The Morgan fingerprint density at radius 2 is 2.23 bits per heavy atom. The van der Waals surface area contributed by atoms with E-state index in [9.17, 15) is 0 Å². The molecule has 0 bridgehead atoms. The normalized spacial score (nSPS) is 10.9. The van der Waals surface area contributed by atoms with Gasteiger partial charge in [-0.3, -0.25) is 0 Å². The number of fused-ring (bicyclic) bond motifs is 1. The van der Waals surface area contributed by atoms with Gasteiger partial charge >= 0.3 is 0 Å². The lowest BCUT2D eigenvalue weighted by Crippen LogP contribution is -1.78. The zero-order chi connectivity index (χ0) is 9.26. The largest absolute Gasteiger partial charge is 0.464 e. The summed E-state index contributed by atoms with van der Waals surface area (Å²) in [4.78, 5) is 0. The zero-order valence-electron chi connectivity index (χ0n) is 7.51. The van der Waals surface area contributed by atoms with Crippen LogP contribution >= 0.6 is 11.6 Å². The first-order chi connectivity index (χ1) is 6.31. The van der Waals surface area contributed by atoms with Crippen LogP contribution < -0.4 is 0 Å². The third-order valence-electron chi connectivity index (χ3n) is 2.14. The van der Waals surface area contributed by atoms with Gasteiger partial charge in [-0.25, -0.2) is 0 Å². The molecule has 0 aliphatic carbocycles. The molecule has 1 nitrogen and oxygen atoms in total. The molecule has 0 aliphatic heterocycles. The van der Waals surface area contributed by atoms with Crippen molar-refractivity contribution in [2.24, 2.45) is 0 Å². The summed E-state index contributed by atoms with van der Waals surface area (Å²) in [5.41, 5.74) is 2.17. The van der Waals surface area contributed by atoms with Crippen molar-refractivity contribution in [2.45, 2.75) is 19.8 Å². The first-order valence-corrected chi connectivity index (χ1v) is 4.84. The van der Waals surface area contributed by atoms with Gasteiger partial charge in [0.2, 0.25) is 0 Å². The fourth-order valence-corrected chi connectivity index (χ4v) is 1.69. The second-order valence-corrected chi connectivity index (χ2v) is 3.59. The summed E-state index contributed by atoms with van der Waals surface area (Å²) in [7, 11) is 0. The fourth-order valence-electron chi connectivity index (χ4n) is 1.52. The highest BCUT2D eigenvalue weighted by molar-refractivity contribution is 6.31. The van der Waals surface area contributed by atoms with E-state index in [1.54, 1.807) is 0 Å². The summed E-state index contributed by atoms with van der Waals surface area (Å²) < 4.78 is 5.40. The summed E-state index contributed by atoms with van der Waals surface area (Å²) in [5, 5.41) is 1.92. The number of halogens is 1. The van der Waals surface area contributed by atoms with E-state index in [1.165, 1.54) is 5.56 Å². The van der Waals surface area contributed by atoms with E-state index in [0.29, 0.717) is 0 Å². The van der Waals surface area contributed by atoms with Gasteiger partial charge in [-0.05, 0) is 30.2 Å². The number of hydrogen-bond acceptors (Lipinski definition) is 1. The maximum atomic E-state index is 5.91. The van der Waals surface area contributed by atoms with Gasteiger partial charge in [-0.15, -0.1) is 0 Å².